The Hall–Kier alpha value is -3.00. The van der Waals surface area contributed by atoms with Crippen LogP contribution in [0.5, 0.6) is 0 Å². The van der Waals surface area contributed by atoms with Gasteiger partial charge >= 0.3 is 0 Å². The molecule has 0 bridgehead atoms. The molecule has 0 aliphatic carbocycles. The molecule has 132 valence electrons. The molecule has 4 heterocycles. The van der Waals surface area contributed by atoms with E-state index in [0.717, 1.165) is 36.0 Å². The Morgan fingerprint density at radius 3 is 3.00 bits per heavy atom. The number of hydrogen-bond donors (Lipinski definition) is 2. The van der Waals surface area contributed by atoms with E-state index in [-0.39, 0.29) is 0 Å². The highest BCUT2D eigenvalue weighted by atomic mass is 16.5. The summed E-state index contributed by atoms with van der Waals surface area (Å²) < 4.78 is 10.8. The Bertz CT molecular complexity index is 1030. The van der Waals surface area contributed by atoms with Gasteiger partial charge in [0.1, 0.15) is 11.5 Å². The van der Waals surface area contributed by atoms with E-state index in [1.807, 2.05) is 30.3 Å². The van der Waals surface area contributed by atoms with Crippen LogP contribution in [0, 0.1) is 0 Å². The molecule has 0 radical (unpaired) electrons. The largest absolute Gasteiger partial charge is 0.361 e. The van der Waals surface area contributed by atoms with Gasteiger partial charge in [-0.2, -0.15) is 10.1 Å². The van der Waals surface area contributed by atoms with Gasteiger partial charge in [-0.05, 0) is 25.5 Å². The number of nitrogens with zero attached hydrogens (tertiary/aromatic N) is 4. The molecule has 1 atom stereocenters. The van der Waals surface area contributed by atoms with Gasteiger partial charge < -0.3 is 14.4 Å². The monoisotopic (exact) mass is 350 g/mol. The van der Waals surface area contributed by atoms with Crippen molar-refractivity contribution < 1.29 is 9.05 Å². The maximum Gasteiger partial charge on any atom is 0.280 e. The summed E-state index contributed by atoms with van der Waals surface area (Å²) in [5.74, 6) is 1.58. The fraction of sp³-hybridized carbons (Fsp3) is 0.333. The fourth-order valence-corrected chi connectivity index (χ4v) is 3.41. The number of aromatic nitrogens is 5. The number of hydrogen-bond acceptors (Lipinski definition) is 7. The molecule has 8 heteroatoms. The first-order valence-electron chi connectivity index (χ1n) is 8.83. The Morgan fingerprint density at radius 1 is 1.12 bits per heavy atom. The highest BCUT2D eigenvalue weighted by Gasteiger charge is 2.20. The van der Waals surface area contributed by atoms with Crippen LogP contribution in [0.1, 0.15) is 25.0 Å². The van der Waals surface area contributed by atoms with Crippen LogP contribution >= 0.6 is 0 Å². The highest BCUT2D eigenvalue weighted by molar-refractivity contribution is 5.90. The Morgan fingerprint density at radius 2 is 2.08 bits per heavy atom. The van der Waals surface area contributed by atoms with E-state index in [2.05, 4.69) is 30.8 Å². The van der Waals surface area contributed by atoms with Crippen LogP contribution in [-0.4, -0.2) is 38.1 Å². The predicted octanol–water partition coefficient (Wildman–Crippen LogP) is 2.95. The summed E-state index contributed by atoms with van der Waals surface area (Å²) in [5, 5.41) is 19.8. The molecule has 1 aromatic carbocycles. The minimum Gasteiger partial charge on any atom is -0.361 e. The second-order valence-corrected chi connectivity index (χ2v) is 6.57. The van der Waals surface area contributed by atoms with Crippen molar-refractivity contribution in [1.82, 2.24) is 30.8 Å². The lowest BCUT2D eigenvalue weighted by Gasteiger charge is -2.21. The first-order chi connectivity index (χ1) is 12.9. The molecule has 26 heavy (non-hydrogen) atoms. The van der Waals surface area contributed by atoms with E-state index in [1.54, 1.807) is 0 Å². The van der Waals surface area contributed by atoms with E-state index in [0.29, 0.717) is 29.1 Å². The van der Waals surface area contributed by atoms with E-state index in [1.165, 1.54) is 12.8 Å². The zero-order chi connectivity index (χ0) is 17.3. The standard InChI is InChI=1S/C18H18N6O2/c1-2-7-14-13(6-1)16(22-21-14)17-20-18(26-24-17)15-10-12(25-23-15)9-11-5-3-4-8-19-11/h1-2,6-7,10-11,19H,3-5,8-9H2,(H,21,22). The number of piperidine rings is 1. The third kappa shape index (κ3) is 2.78. The molecule has 8 nitrogen and oxygen atoms in total. The minimum atomic E-state index is 0.332. The summed E-state index contributed by atoms with van der Waals surface area (Å²) in [6, 6.07) is 10.1. The fourth-order valence-electron chi connectivity index (χ4n) is 3.41. The summed E-state index contributed by atoms with van der Waals surface area (Å²) in [6.07, 6.45) is 4.47. The van der Waals surface area contributed by atoms with E-state index in [9.17, 15) is 0 Å². The van der Waals surface area contributed by atoms with Crippen LogP contribution in [0.4, 0.5) is 0 Å². The van der Waals surface area contributed by atoms with Gasteiger partial charge in [0, 0.05) is 23.9 Å². The third-order valence-electron chi connectivity index (χ3n) is 4.75. The van der Waals surface area contributed by atoms with Crippen molar-refractivity contribution in [2.45, 2.75) is 31.7 Å². The van der Waals surface area contributed by atoms with E-state index < -0.39 is 0 Å². The molecule has 3 aromatic heterocycles. The molecule has 1 unspecified atom stereocenters. The van der Waals surface area contributed by atoms with Gasteiger partial charge in [-0.1, -0.05) is 34.9 Å². The zero-order valence-electron chi connectivity index (χ0n) is 14.1. The van der Waals surface area contributed by atoms with Crippen LogP contribution in [0.2, 0.25) is 0 Å². The lowest BCUT2D eigenvalue weighted by atomic mass is 10.0. The summed E-state index contributed by atoms with van der Waals surface area (Å²) in [6.45, 7) is 1.07. The van der Waals surface area contributed by atoms with E-state index >= 15 is 0 Å². The molecule has 1 fully saturated rings. The average molecular weight is 350 g/mol. The van der Waals surface area contributed by atoms with Gasteiger partial charge in [-0.15, -0.1) is 0 Å². The molecule has 0 amide bonds. The second-order valence-electron chi connectivity index (χ2n) is 6.57. The molecular formula is C18H18N6O2. The van der Waals surface area contributed by atoms with Crippen molar-refractivity contribution in [3.63, 3.8) is 0 Å². The van der Waals surface area contributed by atoms with Crippen LogP contribution in [-0.2, 0) is 6.42 Å². The molecule has 1 aliphatic rings. The Balaban J connectivity index is 1.38. The molecule has 1 saturated heterocycles. The molecule has 5 rings (SSSR count). The number of para-hydroxylation sites is 1. The lowest BCUT2D eigenvalue weighted by Crippen LogP contribution is -2.35. The number of fused-ring (bicyclic) bond motifs is 1. The maximum atomic E-state index is 5.45. The molecule has 0 saturated carbocycles. The number of aromatic amines is 1. The topological polar surface area (TPSA) is 106 Å². The first kappa shape index (κ1) is 15.3. The summed E-state index contributed by atoms with van der Waals surface area (Å²) in [7, 11) is 0. The van der Waals surface area contributed by atoms with Crippen molar-refractivity contribution in [3.8, 4) is 23.1 Å². The predicted molar refractivity (Wildman–Crippen MR) is 94.2 cm³/mol. The SMILES string of the molecule is c1ccc2c(-c3noc(-c4cc(CC5CCCCN5)on4)n3)n[nH]c2c1. The minimum absolute atomic E-state index is 0.332. The number of benzene rings is 1. The average Bonchev–Trinajstić information content (AvgIpc) is 3.41. The van der Waals surface area contributed by atoms with Gasteiger partial charge in [0.15, 0.2) is 5.69 Å². The van der Waals surface area contributed by atoms with Crippen LogP contribution in [0.3, 0.4) is 0 Å². The Kier molecular flexibility index (Phi) is 3.75. The van der Waals surface area contributed by atoms with Crippen molar-refractivity contribution in [2.75, 3.05) is 6.54 Å². The van der Waals surface area contributed by atoms with Gasteiger partial charge in [0.25, 0.3) is 5.89 Å². The van der Waals surface area contributed by atoms with Crippen LogP contribution in [0.25, 0.3) is 34.0 Å². The summed E-state index contributed by atoms with van der Waals surface area (Å²) in [5.41, 5.74) is 2.14. The van der Waals surface area contributed by atoms with E-state index in [4.69, 9.17) is 9.05 Å². The number of H-pyrrole nitrogens is 1. The summed E-state index contributed by atoms with van der Waals surface area (Å²) in [4.78, 5) is 4.43. The van der Waals surface area contributed by atoms with Gasteiger partial charge in [-0.3, -0.25) is 5.10 Å². The number of nitrogens with one attached hydrogen (secondary N) is 2. The normalized spacial score (nSPS) is 17.8. The van der Waals surface area contributed by atoms with Crippen molar-refractivity contribution in [1.29, 1.82) is 0 Å². The molecule has 2 N–H and O–H groups in total. The zero-order valence-corrected chi connectivity index (χ0v) is 14.1. The molecule has 1 aliphatic heterocycles. The molecule has 4 aromatic rings. The smallest absolute Gasteiger partial charge is 0.280 e. The van der Waals surface area contributed by atoms with Crippen molar-refractivity contribution in [2.24, 2.45) is 0 Å². The van der Waals surface area contributed by atoms with Gasteiger partial charge in [0.05, 0.1) is 5.52 Å². The number of rotatable bonds is 4. The molecular weight excluding hydrogens is 332 g/mol. The van der Waals surface area contributed by atoms with Crippen molar-refractivity contribution >= 4 is 10.9 Å². The van der Waals surface area contributed by atoms with Crippen LogP contribution in [0.15, 0.2) is 39.4 Å². The van der Waals surface area contributed by atoms with Crippen molar-refractivity contribution in [3.05, 3.63) is 36.1 Å². The quantitative estimate of drug-likeness (QED) is 0.583. The third-order valence-corrected chi connectivity index (χ3v) is 4.75. The van der Waals surface area contributed by atoms with Gasteiger partial charge in [-0.25, -0.2) is 0 Å². The first-order valence-corrected chi connectivity index (χ1v) is 8.83. The highest BCUT2D eigenvalue weighted by Crippen LogP contribution is 2.26. The second kappa shape index (κ2) is 6.38. The maximum absolute atomic E-state index is 5.45. The van der Waals surface area contributed by atoms with Crippen LogP contribution < -0.4 is 5.32 Å². The lowest BCUT2D eigenvalue weighted by molar-refractivity contribution is 0.336. The Labute approximate surface area is 149 Å². The summed E-state index contributed by atoms with van der Waals surface area (Å²) >= 11 is 0. The van der Waals surface area contributed by atoms with Gasteiger partial charge in [0.2, 0.25) is 5.82 Å². The molecule has 0 spiro atoms.